The van der Waals surface area contributed by atoms with Gasteiger partial charge < -0.3 is 0 Å². The predicted octanol–water partition coefficient (Wildman–Crippen LogP) is 1.52. The summed E-state index contributed by atoms with van der Waals surface area (Å²) < 4.78 is 12.8. The average Bonchev–Trinajstić information content (AvgIpc) is 1.60. The largest absolute Gasteiger partial charge is 0.296 e. The van der Waals surface area contributed by atoms with Gasteiger partial charge in [0.15, 0.2) is 5.79 Å². The molecule has 2 heteroatoms. The summed E-state index contributed by atoms with van der Waals surface area (Å²) in [5, 5.41) is 0. The van der Waals surface area contributed by atoms with E-state index in [9.17, 15) is 4.39 Å². The van der Waals surface area contributed by atoms with Crippen LogP contribution in [0.2, 0.25) is 0 Å². The zero-order valence-electron chi connectivity index (χ0n) is 5.39. The Labute approximate surface area is 54.0 Å². The minimum atomic E-state index is -1.60. The molecule has 0 bridgehead atoms. The highest BCUT2D eigenvalue weighted by Gasteiger charge is 2.21. The maximum absolute atomic E-state index is 12.8. The van der Waals surface area contributed by atoms with Crippen LogP contribution in [0.4, 0.5) is 4.39 Å². The second kappa shape index (κ2) is 1.95. The Bertz CT molecular complexity index is 168. The third-order valence-corrected chi connectivity index (χ3v) is 1.30. The van der Waals surface area contributed by atoms with Crippen molar-refractivity contribution in [3.63, 3.8) is 0 Å². The molecular weight excluding hydrogens is 117 g/mol. The first-order valence-electron chi connectivity index (χ1n) is 2.93. The number of allylic oxidation sites excluding steroid dienone is 2. The SMILES string of the molecule is CC1=CC=CC(N)(F)C1. The Kier molecular flexibility index (Phi) is 1.41. The summed E-state index contributed by atoms with van der Waals surface area (Å²) in [6, 6.07) is 0. The molecule has 0 aromatic rings. The van der Waals surface area contributed by atoms with Crippen molar-refractivity contribution in [3.05, 3.63) is 23.8 Å². The maximum atomic E-state index is 12.8. The molecule has 0 aliphatic heterocycles. The van der Waals surface area contributed by atoms with Crippen LogP contribution in [-0.2, 0) is 0 Å². The zero-order valence-corrected chi connectivity index (χ0v) is 5.39. The van der Waals surface area contributed by atoms with Crippen molar-refractivity contribution in [2.75, 3.05) is 0 Å². The van der Waals surface area contributed by atoms with Crippen LogP contribution < -0.4 is 5.73 Å². The van der Waals surface area contributed by atoms with E-state index in [1.54, 1.807) is 6.08 Å². The van der Waals surface area contributed by atoms with E-state index in [0.717, 1.165) is 5.57 Å². The van der Waals surface area contributed by atoms with Gasteiger partial charge in [-0.15, -0.1) is 0 Å². The molecule has 1 rings (SSSR count). The summed E-state index contributed by atoms with van der Waals surface area (Å²) in [6.07, 6.45) is 5.22. The standard InChI is InChI=1S/C7H10FN/c1-6-3-2-4-7(8,9)5-6/h2-4H,5,9H2,1H3. The Morgan fingerprint density at radius 1 is 1.78 bits per heavy atom. The Balaban J connectivity index is 2.73. The summed E-state index contributed by atoms with van der Waals surface area (Å²) in [5.41, 5.74) is 6.16. The maximum Gasteiger partial charge on any atom is 0.181 e. The molecule has 0 spiro atoms. The quantitative estimate of drug-likeness (QED) is 0.490. The van der Waals surface area contributed by atoms with Crippen molar-refractivity contribution in [1.82, 2.24) is 0 Å². The minimum absolute atomic E-state index is 0.323. The fourth-order valence-corrected chi connectivity index (χ4v) is 0.918. The second-order valence-electron chi connectivity index (χ2n) is 2.48. The molecule has 0 heterocycles. The predicted molar refractivity (Wildman–Crippen MR) is 35.5 cm³/mol. The third kappa shape index (κ3) is 1.64. The van der Waals surface area contributed by atoms with E-state index in [4.69, 9.17) is 5.73 Å². The smallest absolute Gasteiger partial charge is 0.181 e. The van der Waals surface area contributed by atoms with Gasteiger partial charge in [0, 0.05) is 6.42 Å². The van der Waals surface area contributed by atoms with Gasteiger partial charge in [0.25, 0.3) is 0 Å². The highest BCUT2D eigenvalue weighted by atomic mass is 19.1. The fraction of sp³-hybridized carbons (Fsp3) is 0.429. The lowest BCUT2D eigenvalue weighted by molar-refractivity contribution is 0.237. The van der Waals surface area contributed by atoms with Crippen molar-refractivity contribution in [2.24, 2.45) is 5.73 Å². The number of hydrogen-bond acceptors (Lipinski definition) is 1. The van der Waals surface area contributed by atoms with E-state index in [0.29, 0.717) is 6.42 Å². The van der Waals surface area contributed by atoms with Crippen molar-refractivity contribution in [3.8, 4) is 0 Å². The number of rotatable bonds is 0. The van der Waals surface area contributed by atoms with Crippen LogP contribution in [0.1, 0.15) is 13.3 Å². The van der Waals surface area contributed by atoms with Crippen LogP contribution in [-0.4, -0.2) is 5.79 Å². The Morgan fingerprint density at radius 3 is 2.78 bits per heavy atom. The van der Waals surface area contributed by atoms with Gasteiger partial charge >= 0.3 is 0 Å². The molecule has 0 aromatic heterocycles. The highest BCUT2D eigenvalue weighted by Crippen LogP contribution is 2.20. The lowest BCUT2D eigenvalue weighted by atomic mass is 10.0. The molecule has 0 amide bonds. The van der Waals surface area contributed by atoms with Crippen molar-refractivity contribution in [1.29, 1.82) is 0 Å². The molecule has 1 unspecified atom stereocenters. The molecule has 0 radical (unpaired) electrons. The van der Waals surface area contributed by atoms with Crippen LogP contribution in [0, 0.1) is 0 Å². The monoisotopic (exact) mass is 127 g/mol. The number of halogens is 1. The van der Waals surface area contributed by atoms with E-state index in [1.807, 2.05) is 13.0 Å². The number of nitrogens with two attached hydrogens (primary N) is 1. The van der Waals surface area contributed by atoms with E-state index < -0.39 is 5.79 Å². The molecule has 1 nitrogen and oxygen atoms in total. The van der Waals surface area contributed by atoms with Gasteiger partial charge in [0.2, 0.25) is 0 Å². The Morgan fingerprint density at radius 2 is 2.44 bits per heavy atom. The lowest BCUT2D eigenvalue weighted by Crippen LogP contribution is -2.32. The number of alkyl halides is 1. The van der Waals surface area contributed by atoms with Crippen LogP contribution in [0.3, 0.4) is 0 Å². The van der Waals surface area contributed by atoms with E-state index >= 15 is 0 Å². The average molecular weight is 127 g/mol. The zero-order chi connectivity index (χ0) is 6.91. The summed E-state index contributed by atoms with van der Waals surface area (Å²) in [4.78, 5) is 0. The first-order chi connectivity index (χ1) is 4.10. The van der Waals surface area contributed by atoms with Crippen molar-refractivity contribution < 1.29 is 4.39 Å². The van der Waals surface area contributed by atoms with Crippen LogP contribution in [0.25, 0.3) is 0 Å². The van der Waals surface area contributed by atoms with Gasteiger partial charge in [0.05, 0.1) is 0 Å². The third-order valence-electron chi connectivity index (χ3n) is 1.30. The molecule has 1 aliphatic carbocycles. The molecule has 0 fully saturated rings. The minimum Gasteiger partial charge on any atom is -0.296 e. The summed E-state index contributed by atoms with van der Waals surface area (Å²) in [5.74, 6) is -1.60. The fourth-order valence-electron chi connectivity index (χ4n) is 0.918. The molecular formula is C7H10FN. The van der Waals surface area contributed by atoms with Gasteiger partial charge in [-0.25, -0.2) is 4.39 Å². The van der Waals surface area contributed by atoms with Gasteiger partial charge in [-0.05, 0) is 13.0 Å². The summed E-state index contributed by atoms with van der Waals surface area (Å²) in [7, 11) is 0. The van der Waals surface area contributed by atoms with Crippen LogP contribution >= 0.6 is 0 Å². The normalized spacial score (nSPS) is 34.3. The highest BCUT2D eigenvalue weighted by molar-refractivity contribution is 5.22. The number of hydrogen-bond donors (Lipinski definition) is 1. The van der Waals surface area contributed by atoms with Crippen molar-refractivity contribution in [2.45, 2.75) is 19.1 Å². The molecule has 0 saturated carbocycles. The molecule has 1 atom stereocenters. The van der Waals surface area contributed by atoms with Crippen molar-refractivity contribution >= 4 is 0 Å². The molecule has 0 saturated heterocycles. The van der Waals surface area contributed by atoms with E-state index in [-0.39, 0.29) is 0 Å². The van der Waals surface area contributed by atoms with Crippen LogP contribution in [0.5, 0.6) is 0 Å². The molecule has 1 aliphatic rings. The molecule has 2 N–H and O–H groups in total. The topological polar surface area (TPSA) is 26.0 Å². The summed E-state index contributed by atoms with van der Waals surface area (Å²) in [6.45, 7) is 1.87. The van der Waals surface area contributed by atoms with E-state index in [1.165, 1.54) is 6.08 Å². The first kappa shape index (κ1) is 6.49. The molecule has 50 valence electrons. The first-order valence-corrected chi connectivity index (χ1v) is 2.93. The Hall–Kier alpha value is -0.630. The second-order valence-corrected chi connectivity index (χ2v) is 2.48. The van der Waals surface area contributed by atoms with Crippen LogP contribution in [0.15, 0.2) is 23.8 Å². The van der Waals surface area contributed by atoms with Gasteiger partial charge in [-0.2, -0.15) is 0 Å². The lowest BCUT2D eigenvalue weighted by Gasteiger charge is -2.18. The van der Waals surface area contributed by atoms with Gasteiger partial charge in [0.1, 0.15) is 0 Å². The summed E-state index contributed by atoms with van der Waals surface area (Å²) >= 11 is 0. The molecule has 9 heavy (non-hydrogen) atoms. The van der Waals surface area contributed by atoms with Gasteiger partial charge in [-0.1, -0.05) is 17.7 Å². The molecule has 0 aromatic carbocycles. The van der Waals surface area contributed by atoms with E-state index in [2.05, 4.69) is 0 Å². The van der Waals surface area contributed by atoms with Gasteiger partial charge in [-0.3, -0.25) is 5.73 Å².